The highest BCUT2D eigenvalue weighted by atomic mass is 32.2. The number of urea groups is 1. The highest BCUT2D eigenvalue weighted by Crippen LogP contribution is 2.35. The summed E-state index contributed by atoms with van der Waals surface area (Å²) < 4.78 is 13.9. The molecule has 2 atom stereocenters. The molecule has 2 fully saturated rings. The molecule has 4 rings (SSSR count). The number of carbonyl (C=O) groups excluding carboxylic acids is 2. The van der Waals surface area contributed by atoms with Gasteiger partial charge in [0.15, 0.2) is 0 Å². The van der Waals surface area contributed by atoms with E-state index in [4.69, 9.17) is 0 Å². The van der Waals surface area contributed by atoms with Gasteiger partial charge in [-0.2, -0.15) is 11.8 Å². The number of likely N-dealkylation sites (tertiary alicyclic amines) is 1. The first-order valence-electron chi connectivity index (χ1n) is 11.2. The molecular weight excluding hydrogens is 425 g/mol. The average Bonchev–Trinajstić information content (AvgIpc) is 2.84. The van der Waals surface area contributed by atoms with E-state index in [1.165, 1.54) is 6.07 Å². The van der Waals surface area contributed by atoms with E-state index in [-0.39, 0.29) is 29.7 Å². The SMILES string of the molecule is Cc1cc(C2CCC(C(=O)N3CCSCC3)CN2C(=O)NCc2ccccc2)ccc1F. The quantitative estimate of drug-likeness (QED) is 0.745. The minimum Gasteiger partial charge on any atom is -0.341 e. The Kier molecular flexibility index (Phi) is 7.35. The van der Waals surface area contributed by atoms with Gasteiger partial charge < -0.3 is 15.1 Å². The average molecular weight is 456 g/mol. The Morgan fingerprint density at radius 3 is 2.56 bits per heavy atom. The molecule has 2 aromatic carbocycles. The molecule has 2 unspecified atom stereocenters. The summed E-state index contributed by atoms with van der Waals surface area (Å²) in [6.07, 6.45) is 1.41. The number of thioether (sulfide) groups is 1. The summed E-state index contributed by atoms with van der Waals surface area (Å²) in [5.41, 5.74) is 2.50. The van der Waals surface area contributed by atoms with Gasteiger partial charge in [-0.05, 0) is 42.5 Å². The minimum atomic E-state index is -0.249. The lowest BCUT2D eigenvalue weighted by molar-refractivity contribution is -0.137. The van der Waals surface area contributed by atoms with Crippen LogP contribution < -0.4 is 5.32 Å². The smallest absolute Gasteiger partial charge is 0.318 e. The normalized spacial score (nSPS) is 21.3. The van der Waals surface area contributed by atoms with Gasteiger partial charge in [-0.1, -0.05) is 42.5 Å². The van der Waals surface area contributed by atoms with Crippen molar-refractivity contribution in [3.8, 4) is 0 Å². The van der Waals surface area contributed by atoms with Crippen molar-refractivity contribution < 1.29 is 14.0 Å². The maximum absolute atomic E-state index is 13.9. The van der Waals surface area contributed by atoms with Crippen LogP contribution in [0.5, 0.6) is 0 Å². The molecule has 170 valence electrons. The van der Waals surface area contributed by atoms with Crippen LogP contribution in [0.4, 0.5) is 9.18 Å². The van der Waals surface area contributed by atoms with Crippen molar-refractivity contribution in [2.24, 2.45) is 5.92 Å². The predicted molar refractivity (Wildman–Crippen MR) is 126 cm³/mol. The Bertz CT molecular complexity index is 949. The molecule has 32 heavy (non-hydrogen) atoms. The van der Waals surface area contributed by atoms with Crippen LogP contribution >= 0.6 is 11.8 Å². The lowest BCUT2D eigenvalue weighted by Crippen LogP contribution is -2.51. The molecule has 0 aliphatic carbocycles. The van der Waals surface area contributed by atoms with Crippen molar-refractivity contribution in [1.82, 2.24) is 15.1 Å². The molecule has 2 saturated heterocycles. The standard InChI is InChI=1S/C25H30FN3O2S/c1-18-15-20(7-9-22(18)26)23-10-8-21(24(30)28-11-13-32-14-12-28)17-29(23)25(31)27-16-19-5-3-2-4-6-19/h2-7,9,15,21,23H,8,10-14,16-17H2,1H3,(H,27,31). The summed E-state index contributed by atoms with van der Waals surface area (Å²) in [4.78, 5) is 30.1. The molecule has 0 aromatic heterocycles. The van der Waals surface area contributed by atoms with Crippen molar-refractivity contribution in [2.75, 3.05) is 31.1 Å². The number of carbonyl (C=O) groups is 2. The Labute approximate surface area is 193 Å². The molecule has 0 spiro atoms. The molecular formula is C25H30FN3O2S. The topological polar surface area (TPSA) is 52.7 Å². The van der Waals surface area contributed by atoms with Gasteiger partial charge in [0.05, 0.1) is 12.0 Å². The number of nitrogens with one attached hydrogen (secondary N) is 1. The van der Waals surface area contributed by atoms with E-state index in [1.54, 1.807) is 17.9 Å². The van der Waals surface area contributed by atoms with Gasteiger partial charge in [0.2, 0.25) is 5.91 Å². The van der Waals surface area contributed by atoms with Gasteiger partial charge >= 0.3 is 6.03 Å². The highest BCUT2D eigenvalue weighted by Gasteiger charge is 2.37. The van der Waals surface area contributed by atoms with Gasteiger partial charge in [-0.25, -0.2) is 9.18 Å². The molecule has 2 aromatic rings. The number of amides is 3. The van der Waals surface area contributed by atoms with E-state index >= 15 is 0 Å². The van der Waals surface area contributed by atoms with Crippen LogP contribution in [-0.2, 0) is 11.3 Å². The van der Waals surface area contributed by atoms with Gasteiger partial charge in [-0.3, -0.25) is 4.79 Å². The summed E-state index contributed by atoms with van der Waals surface area (Å²) in [5, 5.41) is 3.02. The molecule has 5 nitrogen and oxygen atoms in total. The zero-order valence-corrected chi connectivity index (χ0v) is 19.2. The van der Waals surface area contributed by atoms with E-state index in [0.29, 0.717) is 25.1 Å². The zero-order chi connectivity index (χ0) is 22.5. The van der Waals surface area contributed by atoms with E-state index in [1.807, 2.05) is 53.1 Å². The molecule has 7 heteroatoms. The number of benzene rings is 2. The Morgan fingerprint density at radius 1 is 1.09 bits per heavy atom. The number of aryl methyl sites for hydroxylation is 1. The number of piperidine rings is 1. The number of hydrogen-bond acceptors (Lipinski definition) is 3. The zero-order valence-electron chi connectivity index (χ0n) is 18.4. The third kappa shape index (κ3) is 5.26. The Balaban J connectivity index is 1.52. The summed E-state index contributed by atoms with van der Waals surface area (Å²) >= 11 is 1.87. The molecule has 1 N–H and O–H groups in total. The lowest BCUT2D eigenvalue weighted by Gasteiger charge is -2.41. The molecule has 2 aliphatic rings. The first-order chi connectivity index (χ1) is 15.5. The fraction of sp³-hybridized carbons (Fsp3) is 0.440. The largest absolute Gasteiger partial charge is 0.341 e. The monoisotopic (exact) mass is 455 g/mol. The molecule has 3 amide bonds. The van der Waals surface area contributed by atoms with Crippen LogP contribution in [0.1, 0.15) is 35.6 Å². The summed E-state index contributed by atoms with van der Waals surface area (Å²) in [6, 6.07) is 14.5. The second kappa shape index (κ2) is 10.4. The van der Waals surface area contributed by atoms with Gasteiger partial charge in [0.1, 0.15) is 5.82 Å². The van der Waals surface area contributed by atoms with Gasteiger partial charge in [0.25, 0.3) is 0 Å². The molecule has 0 saturated carbocycles. The number of rotatable bonds is 4. The maximum Gasteiger partial charge on any atom is 0.318 e. The van der Waals surface area contributed by atoms with E-state index in [0.717, 1.165) is 42.1 Å². The Hall–Kier alpha value is -2.54. The van der Waals surface area contributed by atoms with Crippen LogP contribution in [0.25, 0.3) is 0 Å². The lowest BCUT2D eigenvalue weighted by atomic mass is 9.87. The number of halogens is 1. The van der Waals surface area contributed by atoms with Crippen molar-refractivity contribution in [3.63, 3.8) is 0 Å². The van der Waals surface area contributed by atoms with Crippen molar-refractivity contribution in [2.45, 2.75) is 32.4 Å². The second-order valence-corrected chi connectivity index (χ2v) is 9.76. The molecule has 2 aliphatic heterocycles. The molecule has 2 heterocycles. The third-order valence-electron chi connectivity index (χ3n) is 6.37. The van der Waals surface area contributed by atoms with Crippen molar-refractivity contribution in [1.29, 1.82) is 0 Å². The van der Waals surface area contributed by atoms with Crippen molar-refractivity contribution in [3.05, 3.63) is 71.0 Å². The van der Waals surface area contributed by atoms with Gasteiger partial charge in [0, 0.05) is 37.7 Å². The summed E-state index contributed by atoms with van der Waals surface area (Å²) in [7, 11) is 0. The third-order valence-corrected chi connectivity index (χ3v) is 7.31. The summed E-state index contributed by atoms with van der Waals surface area (Å²) in [5.74, 6) is 1.65. The van der Waals surface area contributed by atoms with Crippen molar-refractivity contribution >= 4 is 23.7 Å². The highest BCUT2D eigenvalue weighted by molar-refractivity contribution is 7.99. The van der Waals surface area contributed by atoms with Crippen LogP contribution in [-0.4, -0.2) is 52.9 Å². The first-order valence-corrected chi connectivity index (χ1v) is 12.4. The van der Waals surface area contributed by atoms with E-state index in [2.05, 4.69) is 5.32 Å². The Morgan fingerprint density at radius 2 is 1.84 bits per heavy atom. The minimum absolute atomic E-state index is 0.153. The van der Waals surface area contributed by atoms with Crippen LogP contribution in [0.15, 0.2) is 48.5 Å². The molecule has 0 bridgehead atoms. The number of nitrogens with zero attached hydrogens (tertiary/aromatic N) is 2. The molecule has 0 radical (unpaired) electrons. The predicted octanol–water partition coefficient (Wildman–Crippen LogP) is 4.37. The van der Waals surface area contributed by atoms with E-state index < -0.39 is 0 Å². The maximum atomic E-state index is 13.9. The first kappa shape index (κ1) is 22.6. The van der Waals surface area contributed by atoms with E-state index in [9.17, 15) is 14.0 Å². The van der Waals surface area contributed by atoms with Crippen LogP contribution in [0.2, 0.25) is 0 Å². The number of hydrogen-bond donors (Lipinski definition) is 1. The summed E-state index contributed by atoms with van der Waals surface area (Å²) in [6.45, 7) is 4.10. The second-order valence-electron chi connectivity index (χ2n) is 8.53. The van der Waals surface area contributed by atoms with Crippen LogP contribution in [0.3, 0.4) is 0 Å². The van der Waals surface area contributed by atoms with Gasteiger partial charge in [-0.15, -0.1) is 0 Å². The van der Waals surface area contributed by atoms with Crippen LogP contribution in [0, 0.1) is 18.7 Å². The fourth-order valence-electron chi connectivity index (χ4n) is 4.54. The fourth-order valence-corrected chi connectivity index (χ4v) is 5.44.